The third-order valence-electron chi connectivity index (χ3n) is 0. The molecule has 0 spiro atoms. The molecule has 0 aliphatic heterocycles. The summed E-state index contributed by atoms with van der Waals surface area (Å²) in [5.74, 6) is 0. The molecule has 0 aliphatic carbocycles. The molecule has 0 saturated heterocycles. The van der Waals surface area contributed by atoms with Crippen LogP contribution in [0, 0.1) is 11.8 Å². The average Bonchev–Trinajstić information content (AvgIpc) is 1.00. The maximum absolute atomic E-state index is 6.50. The maximum atomic E-state index is 6.50. The number of hydrogen-bond acceptors (Lipinski definition) is 2. The van der Waals surface area contributed by atoms with E-state index in [1.165, 1.54) is 0 Å². The second kappa shape index (κ2) is 423. The van der Waals surface area contributed by atoms with E-state index in [2.05, 4.69) is 6.57 Å². The summed E-state index contributed by atoms with van der Waals surface area (Å²) in [7, 11) is 0. The molecule has 0 unspecified atom stereocenters. The minimum Gasteiger partial charge on any atom is -0.344 e. The van der Waals surface area contributed by atoms with Crippen LogP contribution < -0.4 is 6.15 Å². The molecule has 0 aliphatic rings. The van der Waals surface area contributed by atoms with Crippen LogP contribution in [0.5, 0.6) is 0 Å². The fraction of sp³-hybridized carbons (Fsp3) is 0. The summed E-state index contributed by atoms with van der Waals surface area (Å²) in [5.41, 5.74) is 0. The van der Waals surface area contributed by atoms with Crippen molar-refractivity contribution in [2.75, 3.05) is 0 Å². The SMILES string of the molecule is C#N.N.[Ag]. The molecule has 0 amide bonds. The van der Waals surface area contributed by atoms with E-state index < -0.39 is 0 Å². The smallest absolute Gasteiger partial charge is 0.0462 e. The molecule has 29 valence electrons. The Kier molecular flexibility index (Phi) is 3180. The van der Waals surface area contributed by atoms with E-state index in [1.807, 2.05) is 0 Å². The van der Waals surface area contributed by atoms with Crippen molar-refractivity contribution in [3.8, 4) is 6.57 Å². The van der Waals surface area contributed by atoms with Crippen LogP contribution in [0.4, 0.5) is 0 Å². The van der Waals surface area contributed by atoms with E-state index in [-0.39, 0.29) is 28.5 Å². The minimum absolute atomic E-state index is 0. The van der Waals surface area contributed by atoms with Crippen molar-refractivity contribution in [3.05, 3.63) is 0 Å². The number of nitrogens with zero attached hydrogens (tertiary/aromatic N) is 1. The van der Waals surface area contributed by atoms with Crippen LogP contribution in [-0.4, -0.2) is 0 Å². The van der Waals surface area contributed by atoms with E-state index >= 15 is 0 Å². The molecule has 4 heavy (non-hydrogen) atoms. The second-order valence-electron chi connectivity index (χ2n) is 0. The zero-order chi connectivity index (χ0) is 2.00. The predicted octanol–water partition coefficient (Wildman–Crippen LogP) is 0.299. The first-order valence-corrected chi connectivity index (χ1v) is 0.258. The number of hydrogen-bond donors (Lipinski definition) is 1. The van der Waals surface area contributed by atoms with Crippen LogP contribution in [0.25, 0.3) is 0 Å². The Bertz CT molecular complexity index is 10.8. The number of nitriles is 1. The van der Waals surface area contributed by atoms with Crippen LogP contribution in [0.1, 0.15) is 0 Å². The summed E-state index contributed by atoms with van der Waals surface area (Å²) in [6.07, 6.45) is 0. The monoisotopic (exact) mass is 151 g/mol. The van der Waals surface area contributed by atoms with E-state index in [9.17, 15) is 0 Å². The Labute approximate surface area is 40.9 Å². The van der Waals surface area contributed by atoms with Gasteiger partial charge >= 0.3 is 0 Å². The van der Waals surface area contributed by atoms with Crippen molar-refractivity contribution in [1.29, 1.82) is 5.26 Å². The molecule has 2 nitrogen and oxygen atoms in total. The Balaban J connectivity index is -0.00000000500. The molecule has 3 N–H and O–H groups in total. The first-order valence-electron chi connectivity index (χ1n) is 0.258. The standard InChI is InChI=1S/CHN.Ag.H3N/c1-2;;/h1H;;1H3. The molecule has 0 atom stereocenters. The van der Waals surface area contributed by atoms with Crippen LogP contribution in [0.3, 0.4) is 0 Å². The Morgan fingerprint density at radius 3 is 1.25 bits per heavy atom. The van der Waals surface area contributed by atoms with Gasteiger partial charge in [-0.3, -0.25) is 0 Å². The summed E-state index contributed by atoms with van der Waals surface area (Å²) >= 11 is 0. The van der Waals surface area contributed by atoms with Crippen LogP contribution in [0.2, 0.25) is 0 Å². The van der Waals surface area contributed by atoms with Gasteiger partial charge in [0.05, 0.1) is 0 Å². The Morgan fingerprint density at radius 2 is 1.25 bits per heavy atom. The van der Waals surface area contributed by atoms with Gasteiger partial charge in [0.25, 0.3) is 0 Å². The van der Waals surface area contributed by atoms with Gasteiger partial charge in [-0.25, -0.2) is 5.26 Å². The van der Waals surface area contributed by atoms with Crippen molar-refractivity contribution < 1.29 is 22.4 Å². The molecule has 0 bridgehead atoms. The van der Waals surface area contributed by atoms with Crippen molar-refractivity contribution in [2.24, 2.45) is 0 Å². The first kappa shape index (κ1) is 30.1. The van der Waals surface area contributed by atoms with Gasteiger partial charge in [-0.05, 0) is 0 Å². The van der Waals surface area contributed by atoms with Gasteiger partial charge in [0.2, 0.25) is 0 Å². The van der Waals surface area contributed by atoms with Gasteiger partial charge < -0.3 is 6.15 Å². The molecule has 0 aromatic rings. The maximum Gasteiger partial charge on any atom is 0.0462 e. The molecule has 3 heteroatoms. The van der Waals surface area contributed by atoms with Crippen molar-refractivity contribution >= 4 is 0 Å². The van der Waals surface area contributed by atoms with Gasteiger partial charge in [0.15, 0.2) is 0 Å². The largest absolute Gasteiger partial charge is 0.344 e. The summed E-state index contributed by atoms with van der Waals surface area (Å²) in [6.45, 7) is 3.50. The van der Waals surface area contributed by atoms with Gasteiger partial charge in [0.1, 0.15) is 0 Å². The molecule has 1 radical (unpaired) electrons. The molecule has 0 heterocycles. The Morgan fingerprint density at radius 1 is 1.25 bits per heavy atom. The average molecular weight is 152 g/mol. The van der Waals surface area contributed by atoms with Gasteiger partial charge in [0, 0.05) is 29.0 Å². The van der Waals surface area contributed by atoms with Crippen molar-refractivity contribution in [1.82, 2.24) is 6.15 Å². The van der Waals surface area contributed by atoms with E-state index in [0.717, 1.165) is 0 Å². The fourth-order valence-electron chi connectivity index (χ4n) is 0. The third-order valence-corrected chi connectivity index (χ3v) is 0. The third kappa shape index (κ3) is 85.7. The van der Waals surface area contributed by atoms with Crippen molar-refractivity contribution in [2.45, 2.75) is 0 Å². The summed E-state index contributed by atoms with van der Waals surface area (Å²) in [6, 6.07) is 0. The van der Waals surface area contributed by atoms with Crippen LogP contribution >= 0.6 is 0 Å². The van der Waals surface area contributed by atoms with Crippen LogP contribution in [0.15, 0.2) is 0 Å². The second-order valence-corrected chi connectivity index (χ2v) is 0. The summed E-state index contributed by atoms with van der Waals surface area (Å²) < 4.78 is 0. The quantitative estimate of drug-likeness (QED) is 0.507. The molecular weight excluding hydrogens is 148 g/mol. The van der Waals surface area contributed by atoms with E-state index in [0.29, 0.717) is 0 Å². The normalized spacial score (nSPS) is 0.500. The van der Waals surface area contributed by atoms with Gasteiger partial charge in [-0.2, -0.15) is 0 Å². The van der Waals surface area contributed by atoms with Gasteiger partial charge in [-0.15, -0.1) is 0 Å². The molecule has 0 aromatic carbocycles. The first-order chi connectivity index (χ1) is 1.00. The zero-order valence-electron chi connectivity index (χ0n) is 2.03. The van der Waals surface area contributed by atoms with Crippen molar-refractivity contribution in [3.63, 3.8) is 0 Å². The summed E-state index contributed by atoms with van der Waals surface area (Å²) in [5, 5.41) is 6.50. The van der Waals surface area contributed by atoms with E-state index in [4.69, 9.17) is 5.26 Å². The minimum atomic E-state index is 0. The van der Waals surface area contributed by atoms with E-state index in [1.54, 1.807) is 0 Å². The topological polar surface area (TPSA) is 58.8 Å². The molecule has 0 fully saturated rings. The molecule has 0 aromatic heterocycles. The summed E-state index contributed by atoms with van der Waals surface area (Å²) in [4.78, 5) is 0. The Hall–Kier alpha value is 0.190. The molecular formula is CH4AgN2. The molecule has 0 saturated carbocycles. The number of rotatable bonds is 0. The fourth-order valence-corrected chi connectivity index (χ4v) is 0. The predicted molar refractivity (Wildman–Crippen MR) is 11.7 cm³/mol. The molecule has 0 rings (SSSR count). The zero-order valence-corrected chi connectivity index (χ0v) is 3.52. The van der Waals surface area contributed by atoms with Crippen LogP contribution in [-0.2, 0) is 22.4 Å². The van der Waals surface area contributed by atoms with Gasteiger partial charge in [-0.1, -0.05) is 0 Å².